The minimum atomic E-state index is -0.630. The number of hydrogen-bond acceptors (Lipinski definition) is 4. The van der Waals surface area contributed by atoms with Crippen molar-refractivity contribution in [3.8, 4) is 0 Å². The van der Waals surface area contributed by atoms with Crippen LogP contribution in [0.1, 0.15) is 33.9 Å². The standard InChI is InChI=1S/C13H14FN3OS/c1-8(13-16-4-5-19-13)17-7-10-3-2-9(12(15)18)6-11(10)14/h2-6,8,17H,7H2,1H3,(H2,15,18). The highest BCUT2D eigenvalue weighted by Crippen LogP contribution is 2.16. The average Bonchev–Trinajstić information content (AvgIpc) is 2.90. The van der Waals surface area contributed by atoms with Crippen LogP contribution in [0, 0.1) is 5.82 Å². The number of primary amides is 1. The van der Waals surface area contributed by atoms with Crippen LogP contribution in [0.2, 0.25) is 0 Å². The molecule has 1 heterocycles. The second kappa shape index (κ2) is 5.90. The normalized spacial score (nSPS) is 12.3. The van der Waals surface area contributed by atoms with Crippen LogP contribution >= 0.6 is 11.3 Å². The Bertz CT molecular complexity index is 571. The fraction of sp³-hybridized carbons (Fsp3) is 0.231. The zero-order valence-electron chi connectivity index (χ0n) is 10.4. The number of aromatic nitrogens is 1. The first-order valence-electron chi connectivity index (χ1n) is 5.79. The summed E-state index contributed by atoms with van der Waals surface area (Å²) in [4.78, 5) is 15.1. The SMILES string of the molecule is CC(NCc1ccc(C(N)=O)cc1F)c1nccs1. The van der Waals surface area contributed by atoms with Crippen molar-refractivity contribution < 1.29 is 9.18 Å². The molecule has 19 heavy (non-hydrogen) atoms. The van der Waals surface area contributed by atoms with E-state index in [4.69, 9.17) is 5.73 Å². The zero-order valence-corrected chi connectivity index (χ0v) is 11.2. The maximum Gasteiger partial charge on any atom is 0.248 e. The number of carbonyl (C=O) groups excluding carboxylic acids is 1. The van der Waals surface area contributed by atoms with Gasteiger partial charge in [-0.2, -0.15) is 0 Å². The van der Waals surface area contributed by atoms with Crippen molar-refractivity contribution in [3.05, 3.63) is 51.7 Å². The van der Waals surface area contributed by atoms with Crippen molar-refractivity contribution in [3.63, 3.8) is 0 Å². The summed E-state index contributed by atoms with van der Waals surface area (Å²) in [5.41, 5.74) is 5.76. The highest BCUT2D eigenvalue weighted by Gasteiger charge is 2.10. The Labute approximate surface area is 114 Å². The average molecular weight is 279 g/mol. The van der Waals surface area contributed by atoms with Crippen molar-refractivity contribution in [1.29, 1.82) is 0 Å². The number of thiazole rings is 1. The van der Waals surface area contributed by atoms with Gasteiger partial charge in [0.2, 0.25) is 5.91 Å². The van der Waals surface area contributed by atoms with E-state index in [0.717, 1.165) is 11.1 Å². The highest BCUT2D eigenvalue weighted by molar-refractivity contribution is 7.09. The number of nitrogens with two attached hydrogens (primary N) is 1. The van der Waals surface area contributed by atoms with E-state index in [9.17, 15) is 9.18 Å². The van der Waals surface area contributed by atoms with Gasteiger partial charge in [0.25, 0.3) is 0 Å². The fourth-order valence-electron chi connectivity index (χ4n) is 1.64. The molecule has 1 aromatic carbocycles. The molecule has 0 fully saturated rings. The van der Waals surface area contributed by atoms with E-state index in [1.165, 1.54) is 6.07 Å². The van der Waals surface area contributed by atoms with Gasteiger partial charge >= 0.3 is 0 Å². The summed E-state index contributed by atoms with van der Waals surface area (Å²) in [6.45, 7) is 2.33. The van der Waals surface area contributed by atoms with Crippen molar-refractivity contribution in [1.82, 2.24) is 10.3 Å². The molecule has 0 aliphatic heterocycles. The number of hydrogen-bond donors (Lipinski definition) is 2. The summed E-state index contributed by atoms with van der Waals surface area (Å²) in [7, 11) is 0. The summed E-state index contributed by atoms with van der Waals surface area (Å²) in [5, 5.41) is 6.03. The van der Waals surface area contributed by atoms with E-state index in [0.29, 0.717) is 12.1 Å². The van der Waals surface area contributed by atoms with Crippen LogP contribution in [0.3, 0.4) is 0 Å². The van der Waals surface area contributed by atoms with Gasteiger partial charge in [-0.15, -0.1) is 11.3 Å². The van der Waals surface area contributed by atoms with Gasteiger partial charge in [0.15, 0.2) is 0 Å². The maximum atomic E-state index is 13.7. The molecule has 1 atom stereocenters. The number of benzene rings is 1. The lowest BCUT2D eigenvalue weighted by Crippen LogP contribution is -2.19. The van der Waals surface area contributed by atoms with Crippen LogP contribution in [0.5, 0.6) is 0 Å². The molecule has 1 aromatic heterocycles. The van der Waals surface area contributed by atoms with E-state index in [-0.39, 0.29) is 11.6 Å². The van der Waals surface area contributed by atoms with Crippen LogP contribution in [-0.2, 0) is 6.54 Å². The van der Waals surface area contributed by atoms with E-state index in [1.54, 1.807) is 23.6 Å². The molecular weight excluding hydrogens is 265 g/mol. The largest absolute Gasteiger partial charge is 0.366 e. The zero-order chi connectivity index (χ0) is 13.8. The molecule has 1 amide bonds. The number of nitrogens with one attached hydrogen (secondary N) is 1. The first kappa shape index (κ1) is 13.6. The molecule has 2 rings (SSSR count). The first-order chi connectivity index (χ1) is 9.08. The molecule has 0 aliphatic carbocycles. The third-order valence-electron chi connectivity index (χ3n) is 2.76. The molecule has 2 aromatic rings. The third-order valence-corrected chi connectivity index (χ3v) is 3.72. The predicted molar refractivity (Wildman–Crippen MR) is 72.3 cm³/mol. The summed E-state index contributed by atoms with van der Waals surface area (Å²) < 4.78 is 13.7. The number of amides is 1. The molecule has 0 spiro atoms. The number of rotatable bonds is 5. The van der Waals surface area contributed by atoms with E-state index >= 15 is 0 Å². The third kappa shape index (κ3) is 3.36. The molecule has 0 saturated heterocycles. The Morgan fingerprint density at radius 2 is 2.37 bits per heavy atom. The molecular formula is C13H14FN3OS. The topological polar surface area (TPSA) is 68.0 Å². The van der Waals surface area contributed by atoms with Gasteiger partial charge in [-0.1, -0.05) is 6.07 Å². The van der Waals surface area contributed by atoms with Gasteiger partial charge in [-0.3, -0.25) is 4.79 Å². The van der Waals surface area contributed by atoms with Crippen LogP contribution in [0.4, 0.5) is 4.39 Å². The van der Waals surface area contributed by atoms with E-state index in [1.807, 2.05) is 12.3 Å². The van der Waals surface area contributed by atoms with Gasteiger partial charge < -0.3 is 11.1 Å². The molecule has 1 unspecified atom stereocenters. The Hall–Kier alpha value is -1.79. The lowest BCUT2D eigenvalue weighted by molar-refractivity contribution is 0.1000. The highest BCUT2D eigenvalue weighted by atomic mass is 32.1. The first-order valence-corrected chi connectivity index (χ1v) is 6.67. The van der Waals surface area contributed by atoms with Crippen molar-refractivity contribution in [2.45, 2.75) is 19.5 Å². The Balaban J connectivity index is 2.02. The molecule has 0 bridgehead atoms. The quantitative estimate of drug-likeness (QED) is 0.882. The Kier molecular flexibility index (Phi) is 4.24. The summed E-state index contributed by atoms with van der Waals surface area (Å²) >= 11 is 1.55. The Morgan fingerprint density at radius 1 is 1.58 bits per heavy atom. The predicted octanol–water partition coefficient (Wildman–Crippen LogP) is 2.23. The number of halogens is 1. The molecule has 4 nitrogen and oxygen atoms in total. The molecule has 6 heteroatoms. The summed E-state index contributed by atoms with van der Waals surface area (Å²) in [6.07, 6.45) is 1.74. The van der Waals surface area contributed by atoms with Gasteiger partial charge in [0.05, 0.1) is 6.04 Å². The number of carbonyl (C=O) groups is 1. The minimum Gasteiger partial charge on any atom is -0.366 e. The van der Waals surface area contributed by atoms with Gasteiger partial charge in [0, 0.05) is 29.2 Å². The number of nitrogens with zero attached hydrogens (tertiary/aromatic N) is 1. The summed E-state index contributed by atoms with van der Waals surface area (Å²) in [5.74, 6) is -1.07. The van der Waals surface area contributed by atoms with Crippen LogP contribution in [-0.4, -0.2) is 10.9 Å². The van der Waals surface area contributed by atoms with Crippen molar-refractivity contribution in [2.75, 3.05) is 0 Å². The lowest BCUT2D eigenvalue weighted by atomic mass is 10.1. The monoisotopic (exact) mass is 279 g/mol. The van der Waals surface area contributed by atoms with Gasteiger partial charge in [-0.25, -0.2) is 9.37 Å². The molecule has 100 valence electrons. The second-order valence-corrected chi connectivity index (χ2v) is 5.07. The molecule has 3 N–H and O–H groups in total. The van der Waals surface area contributed by atoms with Gasteiger partial charge in [-0.05, 0) is 19.1 Å². The smallest absolute Gasteiger partial charge is 0.248 e. The molecule has 0 radical (unpaired) electrons. The summed E-state index contributed by atoms with van der Waals surface area (Å²) in [6, 6.07) is 4.30. The fourth-order valence-corrected chi connectivity index (χ4v) is 2.31. The van der Waals surface area contributed by atoms with Crippen LogP contribution in [0.15, 0.2) is 29.8 Å². The van der Waals surface area contributed by atoms with Crippen molar-refractivity contribution in [2.24, 2.45) is 5.73 Å². The van der Waals surface area contributed by atoms with Crippen LogP contribution in [0.25, 0.3) is 0 Å². The molecule has 0 aliphatic rings. The van der Waals surface area contributed by atoms with E-state index in [2.05, 4.69) is 10.3 Å². The Morgan fingerprint density at radius 3 is 2.95 bits per heavy atom. The lowest BCUT2D eigenvalue weighted by Gasteiger charge is -2.12. The van der Waals surface area contributed by atoms with Crippen molar-refractivity contribution >= 4 is 17.2 Å². The van der Waals surface area contributed by atoms with Crippen LogP contribution < -0.4 is 11.1 Å². The van der Waals surface area contributed by atoms with E-state index < -0.39 is 11.7 Å². The van der Waals surface area contributed by atoms with Gasteiger partial charge in [0.1, 0.15) is 10.8 Å². The second-order valence-electron chi connectivity index (χ2n) is 4.14. The molecule has 0 saturated carbocycles. The minimum absolute atomic E-state index is 0.0511. The maximum absolute atomic E-state index is 13.7.